The first-order valence-corrected chi connectivity index (χ1v) is 14.3. The van der Waals surface area contributed by atoms with Crippen molar-refractivity contribution in [2.45, 2.75) is 50.7 Å². The molecule has 2 aromatic heterocycles. The van der Waals surface area contributed by atoms with E-state index >= 15 is 0 Å². The molecule has 0 fully saturated rings. The number of ether oxygens (including phenoxy) is 1. The number of nitrogens with two attached hydrogens (primary N) is 3. The molecule has 0 saturated carbocycles. The molecule has 10 N–H and O–H groups in total. The number of aromatic amines is 2. The molecule has 13 heteroatoms. The lowest BCUT2D eigenvalue weighted by molar-refractivity contribution is -0.145. The van der Waals surface area contributed by atoms with Gasteiger partial charge in [0.05, 0.1) is 13.2 Å². The summed E-state index contributed by atoms with van der Waals surface area (Å²) in [6.45, 7) is 2.28. The van der Waals surface area contributed by atoms with E-state index in [-0.39, 0.29) is 31.8 Å². The molecule has 0 bridgehead atoms. The molecule has 4 rings (SSSR count). The van der Waals surface area contributed by atoms with E-state index in [0.717, 1.165) is 27.6 Å². The van der Waals surface area contributed by atoms with Crippen LogP contribution in [0.3, 0.4) is 0 Å². The number of nitrogens with one attached hydrogen (secondary N) is 4. The molecule has 0 unspecified atom stereocenters. The molecule has 4 aromatic rings. The molecule has 0 saturated heterocycles. The van der Waals surface area contributed by atoms with E-state index < -0.39 is 35.9 Å². The highest BCUT2D eigenvalue weighted by Crippen LogP contribution is 2.20. The summed E-state index contributed by atoms with van der Waals surface area (Å²) in [5.74, 6) is -1.11. The van der Waals surface area contributed by atoms with Crippen LogP contribution in [-0.4, -0.2) is 70.5 Å². The Kier molecular flexibility index (Phi) is 10.7. The first-order chi connectivity index (χ1) is 21.1. The highest BCUT2D eigenvalue weighted by Gasteiger charge is 2.29. The van der Waals surface area contributed by atoms with Gasteiger partial charge in [-0.15, -0.1) is 0 Å². The number of aliphatic imine (C=N–C) groups is 1. The smallest absolute Gasteiger partial charge is 0.328 e. The van der Waals surface area contributed by atoms with Crippen molar-refractivity contribution in [3.8, 4) is 11.4 Å². The lowest BCUT2D eigenvalue weighted by atomic mass is 10.0. The fourth-order valence-corrected chi connectivity index (χ4v) is 4.83. The van der Waals surface area contributed by atoms with Gasteiger partial charge in [-0.25, -0.2) is 9.78 Å². The average molecular weight is 602 g/mol. The number of imidazole rings is 1. The fourth-order valence-electron chi connectivity index (χ4n) is 4.83. The number of fused-ring (bicyclic) bond motifs is 1. The van der Waals surface area contributed by atoms with Gasteiger partial charge in [0.15, 0.2) is 5.96 Å². The second-order valence-electron chi connectivity index (χ2n) is 10.6. The van der Waals surface area contributed by atoms with Crippen LogP contribution >= 0.6 is 0 Å². The van der Waals surface area contributed by atoms with Crippen molar-refractivity contribution in [1.82, 2.24) is 25.6 Å². The zero-order valence-corrected chi connectivity index (χ0v) is 24.8. The highest BCUT2D eigenvalue weighted by atomic mass is 16.5. The lowest BCUT2D eigenvalue weighted by Crippen LogP contribution is -2.55. The highest BCUT2D eigenvalue weighted by molar-refractivity contribution is 5.93. The molecular formula is C31H39N9O4. The zero-order chi connectivity index (χ0) is 31.6. The van der Waals surface area contributed by atoms with Crippen molar-refractivity contribution in [3.63, 3.8) is 0 Å². The Morgan fingerprint density at radius 1 is 1.00 bits per heavy atom. The van der Waals surface area contributed by atoms with Gasteiger partial charge >= 0.3 is 5.97 Å². The van der Waals surface area contributed by atoms with E-state index in [0.29, 0.717) is 17.9 Å². The zero-order valence-electron chi connectivity index (χ0n) is 24.8. The lowest BCUT2D eigenvalue weighted by Gasteiger charge is -2.23. The second kappa shape index (κ2) is 14.8. The molecule has 3 atom stereocenters. The summed E-state index contributed by atoms with van der Waals surface area (Å²) in [6, 6.07) is 12.5. The summed E-state index contributed by atoms with van der Waals surface area (Å²) >= 11 is 0. The molecule has 2 aromatic carbocycles. The van der Waals surface area contributed by atoms with Crippen molar-refractivity contribution in [3.05, 3.63) is 77.7 Å². The van der Waals surface area contributed by atoms with E-state index in [9.17, 15) is 14.4 Å². The maximum Gasteiger partial charge on any atom is 0.328 e. The van der Waals surface area contributed by atoms with E-state index in [2.05, 4.69) is 30.6 Å². The number of aryl methyl sites for hydroxylation is 1. The number of rotatable bonds is 14. The van der Waals surface area contributed by atoms with Crippen LogP contribution in [0.25, 0.3) is 22.3 Å². The maximum absolute atomic E-state index is 13.6. The Labute approximate surface area is 255 Å². The quantitative estimate of drug-likeness (QED) is 0.0480. The number of carbonyl (C=O) groups excluding carboxylic acids is 3. The van der Waals surface area contributed by atoms with Crippen LogP contribution in [0.4, 0.5) is 0 Å². The van der Waals surface area contributed by atoms with Gasteiger partial charge in [0, 0.05) is 53.9 Å². The molecule has 232 valence electrons. The fraction of sp³-hybridized carbons (Fsp3) is 0.323. The molecule has 13 nitrogen and oxygen atoms in total. The number of hydrogen-bond donors (Lipinski definition) is 7. The van der Waals surface area contributed by atoms with Gasteiger partial charge in [-0.1, -0.05) is 48.0 Å². The Balaban J connectivity index is 1.48. The topological polar surface area (TPSA) is 219 Å². The predicted octanol–water partition coefficient (Wildman–Crippen LogP) is 1.18. The molecule has 0 aliphatic carbocycles. The van der Waals surface area contributed by atoms with Crippen molar-refractivity contribution in [2.24, 2.45) is 22.2 Å². The largest absolute Gasteiger partial charge is 0.467 e. The predicted molar refractivity (Wildman–Crippen MR) is 168 cm³/mol. The summed E-state index contributed by atoms with van der Waals surface area (Å²) in [6.07, 6.45) is 4.39. The van der Waals surface area contributed by atoms with Crippen LogP contribution in [-0.2, 0) is 32.0 Å². The molecule has 0 aliphatic rings. The second-order valence-corrected chi connectivity index (χ2v) is 10.6. The standard InChI is InChI=1S/C31H39N9O4/c1-18-9-11-19(12-10-18)27-37-17-21(38-27)15-23(32)28(41)40-26(14-20-16-36-24-7-4-3-6-22(20)24)29(42)39-25(30(43)44-2)8-5-13-35-31(33)34/h3-4,6-7,9-12,16-17,23,25-26,36H,5,8,13-15,32H2,1-2H3,(H,37,38)(H,39,42)(H,40,41)(H4,33,34,35)/t23-,25-,26-/m0/s1. The number of para-hydroxylation sites is 1. The summed E-state index contributed by atoms with van der Waals surface area (Å²) in [5, 5.41) is 6.44. The van der Waals surface area contributed by atoms with Gasteiger partial charge in [0.1, 0.15) is 17.9 Å². The van der Waals surface area contributed by atoms with Gasteiger partial charge in [0.25, 0.3) is 0 Å². The number of guanidine groups is 1. The van der Waals surface area contributed by atoms with E-state index in [1.807, 2.05) is 55.5 Å². The number of amides is 2. The maximum atomic E-state index is 13.6. The number of nitrogens with zero attached hydrogens (tertiary/aromatic N) is 2. The average Bonchev–Trinajstić information content (AvgIpc) is 3.65. The number of carbonyl (C=O) groups is 3. The van der Waals surface area contributed by atoms with Crippen LogP contribution in [0.1, 0.15) is 29.7 Å². The van der Waals surface area contributed by atoms with Gasteiger partial charge < -0.3 is 42.5 Å². The van der Waals surface area contributed by atoms with E-state index in [1.54, 1.807) is 12.4 Å². The van der Waals surface area contributed by atoms with Gasteiger partial charge in [-0.05, 0) is 31.4 Å². The number of H-pyrrole nitrogens is 2. The van der Waals surface area contributed by atoms with Gasteiger partial charge in [0.2, 0.25) is 11.8 Å². The SMILES string of the molecule is COC(=O)[C@H](CCCN=C(N)N)NC(=O)[C@H](Cc1c[nH]c2ccccc12)NC(=O)[C@@H](N)Cc1cnc(-c2ccc(C)cc2)[nH]1. The van der Waals surface area contributed by atoms with Crippen LogP contribution in [0.5, 0.6) is 0 Å². The Bertz CT molecular complexity index is 1610. The van der Waals surface area contributed by atoms with E-state index in [4.69, 9.17) is 21.9 Å². The molecule has 2 heterocycles. The molecular weight excluding hydrogens is 562 g/mol. The third kappa shape index (κ3) is 8.44. The third-order valence-electron chi connectivity index (χ3n) is 7.21. The van der Waals surface area contributed by atoms with Crippen LogP contribution in [0.2, 0.25) is 0 Å². The van der Waals surface area contributed by atoms with Crippen molar-refractivity contribution in [2.75, 3.05) is 13.7 Å². The minimum atomic E-state index is -1.04. The van der Waals surface area contributed by atoms with Crippen molar-refractivity contribution >= 4 is 34.6 Å². The van der Waals surface area contributed by atoms with Crippen LogP contribution < -0.4 is 27.8 Å². The first kappa shape index (κ1) is 31.8. The number of benzene rings is 2. The Hall–Kier alpha value is -5.17. The summed E-state index contributed by atoms with van der Waals surface area (Å²) in [4.78, 5) is 54.2. The van der Waals surface area contributed by atoms with Gasteiger partial charge in [-0.3, -0.25) is 14.6 Å². The van der Waals surface area contributed by atoms with Crippen molar-refractivity contribution in [1.29, 1.82) is 0 Å². The number of methoxy groups -OCH3 is 1. The number of aromatic nitrogens is 3. The van der Waals surface area contributed by atoms with E-state index in [1.165, 1.54) is 7.11 Å². The monoisotopic (exact) mass is 601 g/mol. The van der Waals surface area contributed by atoms with Gasteiger partial charge in [-0.2, -0.15) is 0 Å². The summed E-state index contributed by atoms with van der Waals surface area (Å²) in [5.41, 5.74) is 21.5. The Morgan fingerprint density at radius 3 is 2.45 bits per heavy atom. The minimum absolute atomic E-state index is 0.0667. The van der Waals surface area contributed by atoms with Crippen LogP contribution in [0, 0.1) is 6.92 Å². The minimum Gasteiger partial charge on any atom is -0.467 e. The summed E-state index contributed by atoms with van der Waals surface area (Å²) < 4.78 is 4.90. The first-order valence-electron chi connectivity index (χ1n) is 14.3. The molecule has 0 spiro atoms. The number of esters is 1. The molecule has 2 amide bonds. The third-order valence-corrected chi connectivity index (χ3v) is 7.21. The molecule has 44 heavy (non-hydrogen) atoms. The summed E-state index contributed by atoms with van der Waals surface area (Å²) in [7, 11) is 1.24. The number of hydrogen-bond acceptors (Lipinski definition) is 7. The Morgan fingerprint density at radius 2 is 1.73 bits per heavy atom. The van der Waals surface area contributed by atoms with Crippen LogP contribution in [0.15, 0.2) is 65.9 Å². The molecule has 0 radical (unpaired) electrons. The molecule has 0 aliphatic heterocycles. The normalized spacial score (nSPS) is 13.1. The van der Waals surface area contributed by atoms with Crippen molar-refractivity contribution < 1.29 is 19.1 Å².